The van der Waals surface area contributed by atoms with Crippen LogP contribution in [-0.4, -0.2) is 32.1 Å². The van der Waals surface area contributed by atoms with E-state index in [1.807, 2.05) is 48.5 Å². The summed E-state index contributed by atoms with van der Waals surface area (Å²) in [6.07, 6.45) is 12.9. The van der Waals surface area contributed by atoms with Crippen molar-refractivity contribution in [2.45, 2.75) is 51.4 Å². The van der Waals surface area contributed by atoms with Gasteiger partial charge in [0.25, 0.3) is 0 Å². The van der Waals surface area contributed by atoms with Gasteiger partial charge in [-0.25, -0.2) is 4.58 Å². The van der Waals surface area contributed by atoms with E-state index in [1.54, 1.807) is 12.1 Å². The number of carboxylic acid groups (broad SMARTS) is 1. The fourth-order valence-corrected chi connectivity index (χ4v) is 9.00. The van der Waals surface area contributed by atoms with Crippen molar-refractivity contribution in [3.63, 3.8) is 0 Å². The Kier molecular flexibility index (Phi) is 8.27. The number of aromatic carboxylic acids is 1. The summed E-state index contributed by atoms with van der Waals surface area (Å²) in [4.78, 5) is 14.9. The van der Waals surface area contributed by atoms with E-state index in [0.29, 0.717) is 0 Å². The first-order valence-electron chi connectivity index (χ1n) is 18.7. The molecule has 0 atom stereocenters. The number of carbonyl (C=O) groups excluding carboxylic acids is 1. The van der Waals surface area contributed by atoms with Gasteiger partial charge in [-0.05, 0) is 72.9 Å². The third kappa shape index (κ3) is 5.75. The number of hydrogen-bond donors (Lipinski definition) is 0. The molecule has 5 aliphatic heterocycles. The predicted molar refractivity (Wildman–Crippen MR) is 203 cm³/mol. The minimum atomic E-state index is -1.13. The van der Waals surface area contributed by atoms with E-state index in [4.69, 9.17) is 4.74 Å². The first-order valence-corrected chi connectivity index (χ1v) is 18.7. The smallest absolute Gasteiger partial charge is 0.210 e. The number of rotatable bonds is 4. The van der Waals surface area contributed by atoms with E-state index in [0.717, 1.165) is 111 Å². The Hall–Kier alpha value is -5.42. The molecule has 0 fully saturated rings. The highest BCUT2D eigenvalue weighted by atomic mass is 16.5. The molecule has 5 aliphatic rings. The second kappa shape index (κ2) is 13.4. The third-order valence-corrected chi connectivity index (χ3v) is 11.2. The van der Waals surface area contributed by atoms with Crippen LogP contribution in [0.1, 0.15) is 80.5 Å². The lowest BCUT2D eigenvalue weighted by molar-refractivity contribution is -0.255. The van der Waals surface area contributed by atoms with Gasteiger partial charge < -0.3 is 19.5 Å². The highest BCUT2D eigenvalue weighted by Gasteiger charge is 2.36. The molecule has 0 saturated carbocycles. The molecule has 0 N–H and O–H groups in total. The molecule has 5 heteroatoms. The fraction of sp³-hybridized carbons (Fsp3) is 0.261. The predicted octanol–water partition coefficient (Wildman–Crippen LogP) is 6.34. The van der Waals surface area contributed by atoms with Crippen LogP contribution in [0.5, 0.6) is 11.5 Å². The van der Waals surface area contributed by atoms with Crippen molar-refractivity contribution >= 4 is 29.4 Å². The lowest BCUT2D eigenvalue weighted by atomic mass is 9.82. The summed E-state index contributed by atoms with van der Waals surface area (Å²) in [6.45, 7) is 4.42. The fourth-order valence-electron chi connectivity index (χ4n) is 9.00. The van der Waals surface area contributed by atoms with Crippen LogP contribution in [0.25, 0.3) is 17.7 Å². The zero-order valence-corrected chi connectivity index (χ0v) is 29.0. The van der Waals surface area contributed by atoms with Crippen molar-refractivity contribution in [1.82, 2.24) is 4.58 Å². The van der Waals surface area contributed by atoms with Gasteiger partial charge in [0, 0.05) is 64.7 Å². The topological polar surface area (TPSA) is 55.6 Å². The van der Waals surface area contributed by atoms with E-state index in [9.17, 15) is 9.90 Å². The molecule has 0 radical (unpaired) electrons. The van der Waals surface area contributed by atoms with Gasteiger partial charge in [0.05, 0.1) is 11.5 Å². The van der Waals surface area contributed by atoms with Gasteiger partial charge in [-0.2, -0.15) is 0 Å². The van der Waals surface area contributed by atoms with Gasteiger partial charge in [0.2, 0.25) is 5.36 Å². The number of hydrogen-bond acceptors (Lipinski definition) is 4. The number of anilines is 1. The number of aryl methyl sites for hydroxylation is 2. The summed E-state index contributed by atoms with van der Waals surface area (Å²) < 4.78 is 9.58. The average Bonchev–Trinajstić information content (AvgIpc) is 3.18. The molecule has 0 unspecified atom stereocenters. The molecule has 51 heavy (non-hydrogen) atoms. The maximum absolute atomic E-state index is 12.3. The lowest BCUT2D eigenvalue weighted by Crippen LogP contribution is -2.45. The molecule has 5 aromatic carbocycles. The molecule has 0 aliphatic carbocycles. The Labute approximate surface area is 299 Å². The van der Waals surface area contributed by atoms with Crippen LogP contribution in [-0.2, 0) is 25.7 Å². The summed E-state index contributed by atoms with van der Waals surface area (Å²) >= 11 is 0. The molecule has 5 nitrogen and oxygen atoms in total. The summed E-state index contributed by atoms with van der Waals surface area (Å²) in [5.74, 6) is 0.768. The standard InChI is InChI=1S/C32H30N2O3.C14H12/c35-32(36)22-10-2-1-9-21(22)27-25-17-19-7-3-13-33-15-5-11-23(28(19)33)30(25)37-31-24-12-6-16-34-14-4-8-20(29(24)34)18-26(27)31;1-3-7-13(8-4-1)11-12-14-9-5-2-6-10-14/h1-2,9-10,17-18H,3-8,11-16H2;1-12H. The minimum absolute atomic E-state index is 0.247. The summed E-state index contributed by atoms with van der Waals surface area (Å²) in [6, 6.07) is 32.6. The van der Waals surface area contributed by atoms with E-state index >= 15 is 0 Å². The Bertz CT molecular complexity index is 2280. The van der Waals surface area contributed by atoms with E-state index in [1.165, 1.54) is 44.4 Å². The first-order chi connectivity index (χ1) is 25.1. The van der Waals surface area contributed by atoms with Crippen molar-refractivity contribution in [3.8, 4) is 11.5 Å². The Balaban J connectivity index is 0.000000209. The zero-order valence-electron chi connectivity index (χ0n) is 29.0. The van der Waals surface area contributed by atoms with Crippen molar-refractivity contribution in [2.75, 3.05) is 31.1 Å². The van der Waals surface area contributed by atoms with Gasteiger partial charge in [-0.15, -0.1) is 0 Å². The molecule has 5 heterocycles. The number of carboxylic acids is 1. The molecule has 10 rings (SSSR count). The SMILES string of the molecule is C(=Cc1ccccc1)c1ccccc1.O=C([O-])c1ccccc1C1=c2cc3c4c(c2Oc2c1cc1c5c2CCCN5CCC1)CCC[N+]=4CCC3. The molecule has 0 bridgehead atoms. The van der Waals surface area contributed by atoms with Gasteiger partial charge in [-0.3, -0.25) is 0 Å². The largest absolute Gasteiger partial charge is 0.545 e. The van der Waals surface area contributed by atoms with Crippen molar-refractivity contribution in [1.29, 1.82) is 0 Å². The molecule has 0 saturated heterocycles. The van der Waals surface area contributed by atoms with Crippen molar-refractivity contribution in [3.05, 3.63) is 158 Å². The second-order valence-electron chi connectivity index (χ2n) is 14.3. The van der Waals surface area contributed by atoms with Crippen LogP contribution in [0.4, 0.5) is 5.69 Å². The highest BCUT2D eigenvalue weighted by molar-refractivity contribution is 5.98. The third-order valence-electron chi connectivity index (χ3n) is 11.2. The Morgan fingerprint density at radius 3 is 2.02 bits per heavy atom. The minimum Gasteiger partial charge on any atom is -0.545 e. The van der Waals surface area contributed by atoms with Crippen LogP contribution in [0.3, 0.4) is 0 Å². The monoisotopic (exact) mass is 670 g/mol. The van der Waals surface area contributed by atoms with Crippen molar-refractivity contribution in [2.24, 2.45) is 0 Å². The second-order valence-corrected chi connectivity index (χ2v) is 14.3. The maximum Gasteiger partial charge on any atom is 0.210 e. The first kappa shape index (κ1) is 31.6. The number of nitrogens with zero attached hydrogens (tertiary/aromatic N) is 2. The average molecular weight is 671 g/mol. The van der Waals surface area contributed by atoms with E-state index in [2.05, 4.69) is 58.0 Å². The Morgan fingerprint density at radius 2 is 1.29 bits per heavy atom. The van der Waals surface area contributed by atoms with Crippen LogP contribution in [0, 0.1) is 0 Å². The van der Waals surface area contributed by atoms with Crippen LogP contribution in [0.2, 0.25) is 0 Å². The summed E-state index contributed by atoms with van der Waals surface area (Å²) in [5.41, 5.74) is 12.2. The summed E-state index contributed by atoms with van der Waals surface area (Å²) in [7, 11) is 0. The van der Waals surface area contributed by atoms with E-state index < -0.39 is 5.97 Å². The molecule has 5 aromatic rings. The molecule has 254 valence electrons. The number of ether oxygens (including phenoxy) is 1. The normalized spacial score (nSPS) is 16.6. The number of carbonyl (C=O) groups is 1. The van der Waals surface area contributed by atoms with Crippen LogP contribution < -0.4 is 29.9 Å². The molecule has 0 amide bonds. The number of fused-ring (bicyclic) bond motifs is 4. The molecule has 0 spiro atoms. The molecular weight excluding hydrogens is 629 g/mol. The molecule has 0 aromatic heterocycles. The summed E-state index contributed by atoms with van der Waals surface area (Å²) in [5, 5.41) is 14.8. The van der Waals surface area contributed by atoms with Gasteiger partial charge in [-0.1, -0.05) is 97.1 Å². The lowest BCUT2D eigenvalue weighted by Gasteiger charge is -2.39. The number of benzene rings is 5. The van der Waals surface area contributed by atoms with Gasteiger partial charge >= 0.3 is 0 Å². The molecular formula is C46H42N2O3. The van der Waals surface area contributed by atoms with Crippen LogP contribution in [0.15, 0.2) is 97.1 Å². The van der Waals surface area contributed by atoms with Gasteiger partial charge in [0.1, 0.15) is 24.6 Å². The quantitative estimate of drug-likeness (QED) is 0.162. The maximum atomic E-state index is 12.3. The highest BCUT2D eigenvalue weighted by Crippen LogP contribution is 2.48. The van der Waals surface area contributed by atoms with Crippen molar-refractivity contribution < 1.29 is 14.6 Å². The zero-order chi connectivity index (χ0) is 34.3. The van der Waals surface area contributed by atoms with E-state index in [-0.39, 0.29) is 5.56 Å². The Morgan fingerprint density at radius 1 is 0.667 bits per heavy atom. The van der Waals surface area contributed by atoms with Crippen LogP contribution >= 0.6 is 0 Å². The van der Waals surface area contributed by atoms with Gasteiger partial charge in [0.15, 0.2) is 0 Å².